The van der Waals surface area contributed by atoms with Crippen LogP contribution in [0.25, 0.3) is 0 Å². The van der Waals surface area contributed by atoms with Crippen molar-refractivity contribution < 1.29 is 4.39 Å². The normalized spacial score (nSPS) is 16.8. The van der Waals surface area contributed by atoms with Crippen molar-refractivity contribution in [3.05, 3.63) is 69.4 Å². The van der Waals surface area contributed by atoms with E-state index in [4.69, 9.17) is 5.73 Å². The van der Waals surface area contributed by atoms with E-state index in [9.17, 15) is 4.39 Å². The molecule has 0 saturated heterocycles. The maximum absolute atomic E-state index is 14.0. The topological polar surface area (TPSA) is 26.0 Å². The minimum atomic E-state index is -0.413. The van der Waals surface area contributed by atoms with Crippen molar-refractivity contribution in [3.8, 4) is 0 Å². The number of benzene rings is 2. The van der Waals surface area contributed by atoms with Gasteiger partial charge in [0.2, 0.25) is 0 Å². The zero-order valence-electron chi connectivity index (χ0n) is 11.2. The van der Waals surface area contributed by atoms with Gasteiger partial charge < -0.3 is 5.73 Å². The highest BCUT2D eigenvalue weighted by Crippen LogP contribution is 2.40. The van der Waals surface area contributed by atoms with E-state index in [-0.39, 0.29) is 5.82 Å². The molecule has 2 N–H and O–H groups in total. The Morgan fingerprint density at radius 3 is 2.55 bits per heavy atom. The molecule has 1 atom stereocenters. The summed E-state index contributed by atoms with van der Waals surface area (Å²) in [4.78, 5) is 0. The molecule has 0 amide bonds. The summed E-state index contributed by atoms with van der Waals surface area (Å²) in [6.45, 7) is 0. The van der Waals surface area contributed by atoms with Crippen molar-refractivity contribution in [2.75, 3.05) is 0 Å². The Kier molecular flexibility index (Phi) is 3.90. The molecule has 1 unspecified atom stereocenters. The van der Waals surface area contributed by atoms with Crippen LogP contribution in [0.5, 0.6) is 0 Å². The second kappa shape index (κ2) is 5.66. The lowest BCUT2D eigenvalue weighted by atomic mass is 9.76. The fraction of sp³-hybridized carbons (Fsp3) is 0.294. The summed E-state index contributed by atoms with van der Waals surface area (Å²) in [6.07, 6.45) is 3.70. The van der Waals surface area contributed by atoms with E-state index in [1.165, 1.54) is 30.9 Å². The predicted octanol–water partition coefficient (Wildman–Crippen LogP) is 4.90. The van der Waals surface area contributed by atoms with Gasteiger partial charge in [0, 0.05) is 10.0 Å². The van der Waals surface area contributed by atoms with Crippen molar-refractivity contribution in [1.29, 1.82) is 0 Å². The molecule has 1 fully saturated rings. The highest BCUT2D eigenvalue weighted by Gasteiger charge is 2.25. The van der Waals surface area contributed by atoms with E-state index in [2.05, 4.69) is 22.0 Å². The first-order valence-corrected chi connectivity index (χ1v) is 7.75. The SMILES string of the molecule is NC(c1cc(Br)ccc1F)c1ccccc1C1CCC1. The van der Waals surface area contributed by atoms with Crippen LogP contribution in [0.4, 0.5) is 4.39 Å². The minimum absolute atomic E-state index is 0.246. The Balaban J connectivity index is 2.01. The third-order valence-corrected chi connectivity index (χ3v) is 4.66. The van der Waals surface area contributed by atoms with Crippen molar-refractivity contribution >= 4 is 15.9 Å². The summed E-state index contributed by atoms with van der Waals surface area (Å²) < 4.78 is 14.9. The highest BCUT2D eigenvalue weighted by molar-refractivity contribution is 9.10. The van der Waals surface area contributed by atoms with E-state index in [0.29, 0.717) is 11.5 Å². The van der Waals surface area contributed by atoms with Crippen molar-refractivity contribution in [2.45, 2.75) is 31.2 Å². The Morgan fingerprint density at radius 2 is 1.85 bits per heavy atom. The molecule has 0 bridgehead atoms. The largest absolute Gasteiger partial charge is 0.320 e. The average molecular weight is 334 g/mol. The Bertz CT molecular complexity index is 622. The van der Waals surface area contributed by atoms with Gasteiger partial charge in [-0.1, -0.05) is 46.6 Å². The Morgan fingerprint density at radius 1 is 1.10 bits per heavy atom. The summed E-state index contributed by atoms with van der Waals surface area (Å²) in [5, 5.41) is 0. The number of rotatable bonds is 3. The van der Waals surface area contributed by atoms with Crippen LogP contribution in [0.2, 0.25) is 0 Å². The van der Waals surface area contributed by atoms with E-state index >= 15 is 0 Å². The molecule has 0 heterocycles. The van der Waals surface area contributed by atoms with Gasteiger partial charge in [-0.05, 0) is 48.1 Å². The van der Waals surface area contributed by atoms with Gasteiger partial charge in [-0.2, -0.15) is 0 Å². The van der Waals surface area contributed by atoms with Gasteiger partial charge in [-0.3, -0.25) is 0 Å². The van der Waals surface area contributed by atoms with Gasteiger partial charge >= 0.3 is 0 Å². The van der Waals surface area contributed by atoms with Gasteiger partial charge in [0.1, 0.15) is 5.82 Å². The molecule has 3 rings (SSSR count). The lowest BCUT2D eigenvalue weighted by Gasteiger charge is -2.29. The summed E-state index contributed by atoms with van der Waals surface area (Å²) in [6, 6.07) is 12.7. The fourth-order valence-corrected chi connectivity index (χ4v) is 3.18. The zero-order chi connectivity index (χ0) is 14.1. The first-order valence-electron chi connectivity index (χ1n) is 6.96. The summed E-state index contributed by atoms with van der Waals surface area (Å²) in [7, 11) is 0. The highest BCUT2D eigenvalue weighted by atomic mass is 79.9. The van der Waals surface area contributed by atoms with Gasteiger partial charge in [-0.25, -0.2) is 4.39 Å². The van der Waals surface area contributed by atoms with Gasteiger partial charge in [-0.15, -0.1) is 0 Å². The van der Waals surface area contributed by atoms with Crippen molar-refractivity contribution in [1.82, 2.24) is 0 Å². The number of nitrogens with two attached hydrogens (primary N) is 1. The molecule has 0 spiro atoms. The van der Waals surface area contributed by atoms with E-state index in [1.807, 2.05) is 18.2 Å². The smallest absolute Gasteiger partial charge is 0.128 e. The monoisotopic (exact) mass is 333 g/mol. The molecule has 20 heavy (non-hydrogen) atoms. The molecular formula is C17H17BrFN. The molecule has 1 saturated carbocycles. The molecule has 0 radical (unpaired) electrons. The lowest BCUT2D eigenvalue weighted by Crippen LogP contribution is -2.19. The van der Waals surface area contributed by atoms with Crippen LogP contribution in [0, 0.1) is 5.82 Å². The molecule has 1 aliphatic carbocycles. The second-order valence-electron chi connectivity index (χ2n) is 5.40. The van der Waals surface area contributed by atoms with Crippen LogP contribution >= 0.6 is 15.9 Å². The summed E-state index contributed by atoms with van der Waals surface area (Å²) in [5.41, 5.74) is 9.22. The minimum Gasteiger partial charge on any atom is -0.320 e. The first kappa shape index (κ1) is 13.8. The molecule has 0 aromatic heterocycles. The number of hydrogen-bond acceptors (Lipinski definition) is 1. The van der Waals surface area contributed by atoms with Crippen LogP contribution in [-0.4, -0.2) is 0 Å². The van der Waals surface area contributed by atoms with Gasteiger partial charge in [0.05, 0.1) is 6.04 Å². The Hall–Kier alpha value is -1.19. The maximum Gasteiger partial charge on any atom is 0.128 e. The number of halogens is 2. The standard InChI is InChI=1S/C17H17BrFN/c18-12-8-9-16(19)15(10-12)17(20)14-7-2-1-6-13(14)11-4-3-5-11/h1-2,6-11,17H,3-5,20H2. The fourth-order valence-electron chi connectivity index (χ4n) is 2.81. The summed E-state index contributed by atoms with van der Waals surface area (Å²) >= 11 is 3.39. The van der Waals surface area contributed by atoms with Crippen LogP contribution in [0.15, 0.2) is 46.9 Å². The molecule has 2 aromatic rings. The molecule has 0 aliphatic heterocycles. The third kappa shape index (κ3) is 2.52. The zero-order valence-corrected chi connectivity index (χ0v) is 12.7. The average Bonchev–Trinajstić information content (AvgIpc) is 2.39. The molecule has 1 nitrogen and oxygen atoms in total. The van der Waals surface area contributed by atoms with Crippen LogP contribution in [0.3, 0.4) is 0 Å². The van der Waals surface area contributed by atoms with Crippen molar-refractivity contribution in [2.24, 2.45) is 5.73 Å². The summed E-state index contributed by atoms with van der Waals surface area (Å²) in [5.74, 6) is 0.344. The van der Waals surface area contributed by atoms with Crippen LogP contribution in [-0.2, 0) is 0 Å². The quantitative estimate of drug-likeness (QED) is 0.848. The van der Waals surface area contributed by atoms with E-state index in [1.54, 1.807) is 12.1 Å². The van der Waals surface area contributed by atoms with Gasteiger partial charge in [0.25, 0.3) is 0 Å². The van der Waals surface area contributed by atoms with E-state index < -0.39 is 6.04 Å². The second-order valence-corrected chi connectivity index (χ2v) is 6.32. The van der Waals surface area contributed by atoms with Crippen LogP contribution in [0.1, 0.15) is 47.9 Å². The van der Waals surface area contributed by atoms with Crippen molar-refractivity contribution in [3.63, 3.8) is 0 Å². The molecule has 1 aliphatic rings. The maximum atomic E-state index is 14.0. The predicted molar refractivity (Wildman–Crippen MR) is 83.2 cm³/mol. The third-order valence-electron chi connectivity index (χ3n) is 4.17. The molecular weight excluding hydrogens is 317 g/mol. The molecule has 2 aromatic carbocycles. The van der Waals surface area contributed by atoms with Crippen LogP contribution < -0.4 is 5.73 Å². The lowest BCUT2D eigenvalue weighted by molar-refractivity contribution is 0.416. The molecule has 3 heteroatoms. The number of hydrogen-bond donors (Lipinski definition) is 1. The Labute approximate surface area is 127 Å². The van der Waals surface area contributed by atoms with E-state index in [0.717, 1.165) is 10.0 Å². The van der Waals surface area contributed by atoms with Gasteiger partial charge in [0.15, 0.2) is 0 Å². The molecule has 104 valence electrons. The first-order chi connectivity index (χ1) is 9.66.